The van der Waals surface area contributed by atoms with Crippen molar-refractivity contribution in [2.45, 2.75) is 26.8 Å². The average molecular weight is 271 g/mol. The first kappa shape index (κ1) is 12.6. The molecule has 0 bridgehead atoms. The number of anilines is 2. The van der Waals surface area contributed by atoms with Gasteiger partial charge in [-0.25, -0.2) is 15.0 Å². The van der Waals surface area contributed by atoms with Gasteiger partial charge in [0.15, 0.2) is 17.0 Å². The molecule has 0 fully saturated rings. The fraction of sp³-hybridized carbons (Fsp3) is 0.385. The number of rotatable bonds is 4. The third kappa shape index (κ3) is 2.01. The second-order valence-corrected chi connectivity index (χ2v) is 4.57. The lowest BCUT2D eigenvalue weighted by Crippen LogP contribution is -1.99. The van der Waals surface area contributed by atoms with Gasteiger partial charge in [0.2, 0.25) is 0 Å². The van der Waals surface area contributed by atoms with E-state index in [1.165, 1.54) is 0 Å². The Morgan fingerprint density at radius 2 is 2.05 bits per heavy atom. The Hall–Kier alpha value is -2.44. The standard InChI is InChI=1S/C13H17N7/c1-4-9-10(6-19(3)18-9)17-12-11-13(15-7-14-12)20(5-2)8-16-11/h6-8H,4-5H2,1-3H3,(H,14,15,17). The molecule has 20 heavy (non-hydrogen) atoms. The van der Waals surface area contributed by atoms with Gasteiger partial charge in [0, 0.05) is 19.8 Å². The van der Waals surface area contributed by atoms with E-state index in [2.05, 4.69) is 39.2 Å². The molecule has 0 saturated carbocycles. The van der Waals surface area contributed by atoms with Crippen LogP contribution in [0.1, 0.15) is 19.5 Å². The molecule has 0 radical (unpaired) electrons. The summed E-state index contributed by atoms with van der Waals surface area (Å²) in [6, 6.07) is 0. The van der Waals surface area contributed by atoms with Crippen molar-refractivity contribution in [2.75, 3.05) is 5.32 Å². The molecule has 3 aromatic rings. The van der Waals surface area contributed by atoms with Crippen LogP contribution in [0.15, 0.2) is 18.9 Å². The van der Waals surface area contributed by atoms with Crippen LogP contribution >= 0.6 is 0 Å². The zero-order chi connectivity index (χ0) is 14.1. The normalized spacial score (nSPS) is 11.2. The van der Waals surface area contributed by atoms with Crippen LogP contribution in [0, 0.1) is 0 Å². The Kier molecular flexibility index (Phi) is 3.09. The number of aryl methyl sites for hydroxylation is 3. The highest BCUT2D eigenvalue weighted by molar-refractivity contribution is 5.85. The van der Waals surface area contributed by atoms with E-state index in [0.29, 0.717) is 5.82 Å². The fourth-order valence-corrected chi connectivity index (χ4v) is 2.23. The van der Waals surface area contributed by atoms with Crippen molar-refractivity contribution < 1.29 is 0 Å². The number of aromatic nitrogens is 6. The van der Waals surface area contributed by atoms with Crippen molar-refractivity contribution >= 4 is 22.7 Å². The monoisotopic (exact) mass is 271 g/mol. The Morgan fingerprint density at radius 1 is 1.20 bits per heavy atom. The summed E-state index contributed by atoms with van der Waals surface area (Å²) < 4.78 is 3.79. The van der Waals surface area contributed by atoms with Gasteiger partial charge in [-0.05, 0) is 13.3 Å². The molecular formula is C13H17N7. The summed E-state index contributed by atoms with van der Waals surface area (Å²) in [6.07, 6.45) is 6.15. The summed E-state index contributed by atoms with van der Waals surface area (Å²) in [6.45, 7) is 4.97. The number of fused-ring (bicyclic) bond motifs is 1. The van der Waals surface area contributed by atoms with Crippen LogP contribution in [0.2, 0.25) is 0 Å². The largest absolute Gasteiger partial charge is 0.335 e. The highest BCUT2D eigenvalue weighted by Gasteiger charge is 2.12. The van der Waals surface area contributed by atoms with E-state index in [4.69, 9.17) is 0 Å². The maximum absolute atomic E-state index is 4.41. The summed E-state index contributed by atoms with van der Waals surface area (Å²) in [5.74, 6) is 0.713. The van der Waals surface area contributed by atoms with Gasteiger partial charge in [0.25, 0.3) is 0 Å². The van der Waals surface area contributed by atoms with E-state index < -0.39 is 0 Å². The van der Waals surface area contributed by atoms with Gasteiger partial charge >= 0.3 is 0 Å². The molecule has 3 aromatic heterocycles. The van der Waals surface area contributed by atoms with Crippen LogP contribution < -0.4 is 5.32 Å². The lowest BCUT2D eigenvalue weighted by molar-refractivity contribution is 0.746. The zero-order valence-corrected chi connectivity index (χ0v) is 11.8. The summed E-state index contributed by atoms with van der Waals surface area (Å²) in [4.78, 5) is 13.0. The predicted octanol–water partition coefficient (Wildman–Crippen LogP) is 1.89. The molecule has 7 heteroatoms. The molecule has 0 atom stereocenters. The van der Waals surface area contributed by atoms with E-state index in [9.17, 15) is 0 Å². The highest BCUT2D eigenvalue weighted by atomic mass is 15.3. The molecule has 0 aliphatic rings. The van der Waals surface area contributed by atoms with Gasteiger partial charge in [0.05, 0.1) is 17.7 Å². The third-order valence-corrected chi connectivity index (χ3v) is 3.24. The van der Waals surface area contributed by atoms with Gasteiger partial charge < -0.3 is 9.88 Å². The van der Waals surface area contributed by atoms with E-state index >= 15 is 0 Å². The zero-order valence-electron chi connectivity index (χ0n) is 11.8. The van der Waals surface area contributed by atoms with E-state index in [0.717, 1.165) is 35.5 Å². The summed E-state index contributed by atoms with van der Waals surface area (Å²) >= 11 is 0. The molecule has 0 aliphatic carbocycles. The molecule has 3 heterocycles. The number of imidazole rings is 1. The summed E-state index contributed by atoms with van der Waals surface area (Å²) in [7, 11) is 1.91. The Labute approximate surface area is 116 Å². The van der Waals surface area contributed by atoms with Crippen LogP contribution in [0.5, 0.6) is 0 Å². The van der Waals surface area contributed by atoms with Gasteiger partial charge in [0.1, 0.15) is 6.33 Å². The molecule has 0 saturated heterocycles. The lowest BCUT2D eigenvalue weighted by atomic mass is 10.3. The van der Waals surface area contributed by atoms with Crippen LogP contribution in [0.25, 0.3) is 11.2 Å². The van der Waals surface area contributed by atoms with Crippen molar-refractivity contribution in [3.8, 4) is 0 Å². The first-order valence-electron chi connectivity index (χ1n) is 6.68. The fourth-order valence-electron chi connectivity index (χ4n) is 2.23. The second kappa shape index (κ2) is 4.92. The minimum atomic E-state index is 0.713. The van der Waals surface area contributed by atoms with Crippen molar-refractivity contribution in [1.29, 1.82) is 0 Å². The molecule has 0 amide bonds. The molecule has 0 aromatic carbocycles. The van der Waals surface area contributed by atoms with Crippen LogP contribution in [0.4, 0.5) is 11.5 Å². The summed E-state index contributed by atoms with van der Waals surface area (Å²) in [5.41, 5.74) is 3.59. The van der Waals surface area contributed by atoms with Gasteiger partial charge in [-0.2, -0.15) is 5.10 Å². The van der Waals surface area contributed by atoms with E-state index in [1.54, 1.807) is 17.3 Å². The first-order chi connectivity index (χ1) is 9.72. The average Bonchev–Trinajstić information content (AvgIpc) is 3.02. The highest BCUT2D eigenvalue weighted by Crippen LogP contribution is 2.23. The molecule has 7 nitrogen and oxygen atoms in total. The molecule has 0 spiro atoms. The Bertz CT molecular complexity index is 740. The summed E-state index contributed by atoms with van der Waals surface area (Å²) in [5, 5.41) is 7.73. The van der Waals surface area contributed by atoms with Crippen LogP contribution in [-0.4, -0.2) is 29.3 Å². The van der Waals surface area contributed by atoms with Crippen molar-refractivity contribution in [3.63, 3.8) is 0 Å². The maximum Gasteiger partial charge on any atom is 0.165 e. The quantitative estimate of drug-likeness (QED) is 0.784. The number of nitrogens with one attached hydrogen (secondary N) is 1. The molecule has 3 rings (SSSR count). The SMILES string of the molecule is CCc1nn(C)cc1Nc1ncnc2c1ncn2CC. The number of nitrogens with zero attached hydrogens (tertiary/aromatic N) is 6. The Morgan fingerprint density at radius 3 is 2.80 bits per heavy atom. The van der Waals surface area contributed by atoms with Crippen LogP contribution in [0.3, 0.4) is 0 Å². The smallest absolute Gasteiger partial charge is 0.165 e. The molecule has 0 unspecified atom stereocenters. The second-order valence-electron chi connectivity index (χ2n) is 4.57. The van der Waals surface area contributed by atoms with Gasteiger partial charge in [-0.1, -0.05) is 6.92 Å². The van der Waals surface area contributed by atoms with Crippen molar-refractivity contribution in [3.05, 3.63) is 24.5 Å². The minimum Gasteiger partial charge on any atom is -0.335 e. The predicted molar refractivity (Wildman–Crippen MR) is 76.9 cm³/mol. The van der Waals surface area contributed by atoms with Gasteiger partial charge in [-0.3, -0.25) is 4.68 Å². The van der Waals surface area contributed by atoms with Gasteiger partial charge in [-0.15, -0.1) is 0 Å². The Balaban J connectivity index is 2.04. The third-order valence-electron chi connectivity index (χ3n) is 3.24. The molecule has 104 valence electrons. The molecular weight excluding hydrogens is 254 g/mol. The number of hydrogen-bond donors (Lipinski definition) is 1. The van der Waals surface area contributed by atoms with Crippen LogP contribution in [-0.2, 0) is 20.0 Å². The number of hydrogen-bond acceptors (Lipinski definition) is 5. The van der Waals surface area contributed by atoms with E-state index in [1.807, 2.05) is 17.8 Å². The van der Waals surface area contributed by atoms with E-state index in [-0.39, 0.29) is 0 Å². The van der Waals surface area contributed by atoms with Crippen molar-refractivity contribution in [1.82, 2.24) is 29.3 Å². The maximum atomic E-state index is 4.41. The minimum absolute atomic E-state index is 0.713. The topological polar surface area (TPSA) is 73.5 Å². The first-order valence-corrected chi connectivity index (χ1v) is 6.68. The molecule has 1 N–H and O–H groups in total. The lowest BCUT2D eigenvalue weighted by Gasteiger charge is -2.05. The molecule has 0 aliphatic heterocycles. The van der Waals surface area contributed by atoms with Crippen molar-refractivity contribution in [2.24, 2.45) is 7.05 Å².